The second kappa shape index (κ2) is 9.69. The molecule has 1 atom stereocenters. The summed E-state index contributed by atoms with van der Waals surface area (Å²) < 4.78 is 13.2. The summed E-state index contributed by atoms with van der Waals surface area (Å²) in [4.78, 5) is 12.4. The molecule has 0 aliphatic carbocycles. The fourth-order valence-corrected chi connectivity index (χ4v) is 2.09. The van der Waals surface area contributed by atoms with Crippen LogP contribution < -0.4 is 16.4 Å². The minimum absolute atomic E-state index is 0.251. The van der Waals surface area contributed by atoms with Gasteiger partial charge in [-0.15, -0.1) is 0 Å². The molecule has 0 saturated carbocycles. The van der Waals surface area contributed by atoms with E-state index in [-0.39, 0.29) is 18.3 Å². The molecular formula is C17H20ClFN6O. The van der Waals surface area contributed by atoms with E-state index in [0.717, 1.165) is 5.56 Å². The molecule has 0 bridgehead atoms. The lowest BCUT2D eigenvalue weighted by atomic mass is 10.2. The minimum atomic E-state index is -0.546. The number of aliphatic hydroxyl groups is 1. The lowest BCUT2D eigenvalue weighted by molar-refractivity contribution is 0.204. The smallest absolute Gasteiger partial charge is 0.229 e. The molecular weight excluding hydrogens is 359 g/mol. The third kappa shape index (κ3) is 6.30. The Morgan fingerprint density at radius 3 is 3.00 bits per heavy atom. The zero-order valence-electron chi connectivity index (χ0n) is 14.2. The van der Waals surface area contributed by atoms with Gasteiger partial charge in [0.25, 0.3) is 0 Å². The highest BCUT2D eigenvalue weighted by atomic mass is 35.5. The van der Waals surface area contributed by atoms with Crippen LogP contribution in [0.2, 0.25) is 5.02 Å². The predicted octanol–water partition coefficient (Wildman–Crippen LogP) is 2.54. The first kappa shape index (κ1) is 19.6. The topological polar surface area (TPSA) is 108 Å². The maximum atomic E-state index is 13.2. The summed E-state index contributed by atoms with van der Waals surface area (Å²) in [5.74, 6) is 0.344. The Labute approximate surface area is 155 Å². The van der Waals surface area contributed by atoms with E-state index in [1.54, 1.807) is 19.1 Å². The number of aliphatic hydroxyl groups excluding tert-OH is 1. The Balaban J connectivity index is 2.05. The van der Waals surface area contributed by atoms with Crippen molar-refractivity contribution >= 4 is 29.6 Å². The maximum Gasteiger partial charge on any atom is 0.229 e. The van der Waals surface area contributed by atoms with Gasteiger partial charge in [0.2, 0.25) is 5.95 Å². The highest BCUT2D eigenvalue weighted by Crippen LogP contribution is 2.20. The van der Waals surface area contributed by atoms with Crippen LogP contribution in [0.4, 0.5) is 16.2 Å². The van der Waals surface area contributed by atoms with Gasteiger partial charge in [-0.3, -0.25) is 4.99 Å². The first-order valence-electron chi connectivity index (χ1n) is 7.85. The summed E-state index contributed by atoms with van der Waals surface area (Å²) >= 11 is 6.10. The highest BCUT2D eigenvalue weighted by Gasteiger charge is 2.07. The molecule has 26 heavy (non-hydrogen) atoms. The van der Waals surface area contributed by atoms with Crippen LogP contribution >= 0.6 is 11.6 Å². The summed E-state index contributed by atoms with van der Waals surface area (Å²) in [6.45, 7) is 2.24. The average molecular weight is 379 g/mol. The summed E-state index contributed by atoms with van der Waals surface area (Å²) in [6.07, 6.45) is 3.68. The number of anilines is 2. The molecule has 138 valence electrons. The van der Waals surface area contributed by atoms with Crippen molar-refractivity contribution in [2.45, 2.75) is 19.6 Å². The molecule has 0 radical (unpaired) electrons. The van der Waals surface area contributed by atoms with Gasteiger partial charge in [-0.2, -0.15) is 4.98 Å². The van der Waals surface area contributed by atoms with Crippen LogP contribution in [0.1, 0.15) is 12.5 Å². The Bertz CT molecular complexity index is 797. The van der Waals surface area contributed by atoms with Gasteiger partial charge in [-0.05, 0) is 24.6 Å². The van der Waals surface area contributed by atoms with Crippen LogP contribution in [0.3, 0.4) is 0 Å². The molecule has 2 aromatic rings. The molecule has 1 aromatic heterocycles. The number of aliphatic imine (C=N–C) groups is 1. The first-order chi connectivity index (χ1) is 12.5. The number of nitrogens with two attached hydrogens (primary N) is 1. The Morgan fingerprint density at radius 1 is 1.50 bits per heavy atom. The van der Waals surface area contributed by atoms with Crippen LogP contribution in [-0.2, 0) is 6.54 Å². The number of allylic oxidation sites excluding steroid dienone is 1. The van der Waals surface area contributed by atoms with Gasteiger partial charge < -0.3 is 21.5 Å². The molecule has 0 spiro atoms. The Kier molecular flexibility index (Phi) is 7.31. The van der Waals surface area contributed by atoms with Gasteiger partial charge in [0.1, 0.15) is 10.8 Å². The van der Waals surface area contributed by atoms with Crippen molar-refractivity contribution in [1.29, 1.82) is 0 Å². The molecule has 1 heterocycles. The number of nitrogens with zero attached hydrogens (tertiary/aromatic N) is 3. The van der Waals surface area contributed by atoms with Crippen LogP contribution in [0.25, 0.3) is 0 Å². The number of hydrogen-bond acceptors (Lipinski definition) is 7. The monoisotopic (exact) mass is 378 g/mol. The number of benzene rings is 1. The third-order valence-electron chi connectivity index (χ3n) is 3.13. The lowest BCUT2D eigenvalue weighted by Gasteiger charge is -2.10. The van der Waals surface area contributed by atoms with Crippen LogP contribution in [0.15, 0.2) is 47.4 Å². The van der Waals surface area contributed by atoms with Crippen LogP contribution in [-0.4, -0.2) is 33.9 Å². The van der Waals surface area contributed by atoms with E-state index in [2.05, 4.69) is 25.6 Å². The molecule has 5 N–H and O–H groups in total. The summed E-state index contributed by atoms with van der Waals surface area (Å²) in [6, 6.07) is 6.22. The molecule has 0 aliphatic heterocycles. The fraction of sp³-hybridized carbons (Fsp3) is 0.235. The van der Waals surface area contributed by atoms with Gasteiger partial charge in [-0.25, -0.2) is 9.37 Å². The zero-order chi connectivity index (χ0) is 18.9. The first-order valence-corrected chi connectivity index (χ1v) is 8.23. The van der Waals surface area contributed by atoms with E-state index in [1.165, 1.54) is 30.7 Å². The van der Waals surface area contributed by atoms with Crippen molar-refractivity contribution in [3.63, 3.8) is 0 Å². The molecule has 0 aliphatic rings. The number of halogens is 2. The molecule has 9 heteroatoms. The zero-order valence-corrected chi connectivity index (χ0v) is 14.9. The van der Waals surface area contributed by atoms with Crippen molar-refractivity contribution in [2.75, 3.05) is 17.2 Å². The lowest BCUT2D eigenvalue weighted by Crippen LogP contribution is -2.10. The molecule has 1 aromatic carbocycles. The number of hydrogen-bond donors (Lipinski definition) is 4. The van der Waals surface area contributed by atoms with Gasteiger partial charge in [0.05, 0.1) is 24.5 Å². The van der Waals surface area contributed by atoms with Crippen molar-refractivity contribution in [3.8, 4) is 0 Å². The minimum Gasteiger partial charge on any atom is -0.403 e. The number of nitrogens with one attached hydrogen (secondary N) is 2. The van der Waals surface area contributed by atoms with Crippen molar-refractivity contribution in [3.05, 3.63) is 58.8 Å². The van der Waals surface area contributed by atoms with E-state index in [9.17, 15) is 9.50 Å². The van der Waals surface area contributed by atoms with Gasteiger partial charge in [0, 0.05) is 19.0 Å². The largest absolute Gasteiger partial charge is 0.403 e. The number of rotatable bonds is 8. The fourth-order valence-electron chi connectivity index (χ4n) is 1.93. The third-order valence-corrected chi connectivity index (χ3v) is 3.41. The van der Waals surface area contributed by atoms with E-state index in [0.29, 0.717) is 23.1 Å². The summed E-state index contributed by atoms with van der Waals surface area (Å²) in [5.41, 5.74) is 6.76. The Hall–Kier alpha value is -2.71. The molecule has 0 saturated heterocycles. The van der Waals surface area contributed by atoms with Crippen molar-refractivity contribution < 1.29 is 9.50 Å². The van der Waals surface area contributed by atoms with Gasteiger partial charge >= 0.3 is 0 Å². The quantitative estimate of drug-likeness (QED) is 0.526. The van der Waals surface area contributed by atoms with E-state index >= 15 is 0 Å². The second-order valence-electron chi connectivity index (χ2n) is 5.46. The molecule has 0 amide bonds. The van der Waals surface area contributed by atoms with Gasteiger partial charge in [0.15, 0.2) is 5.82 Å². The molecule has 2 rings (SSSR count). The molecule has 1 unspecified atom stereocenters. The van der Waals surface area contributed by atoms with Crippen molar-refractivity contribution in [2.24, 2.45) is 10.7 Å². The molecule has 0 fully saturated rings. The van der Waals surface area contributed by atoms with Crippen LogP contribution in [0, 0.1) is 5.82 Å². The van der Waals surface area contributed by atoms with E-state index in [1.807, 2.05) is 0 Å². The van der Waals surface area contributed by atoms with Crippen LogP contribution in [0.5, 0.6) is 0 Å². The standard InChI is InChI=1S/C17H20ClFN6O/c1-11(26)7-21-9-14(6-20)24-17-23-10-15(18)16(25-17)22-8-12-3-2-4-13(19)5-12/h2-6,9-11,26H,7-8,20H2,1H3,(H2,22,23,24,25)/b14-6+,21-9?. The predicted molar refractivity (Wildman–Crippen MR) is 102 cm³/mol. The second-order valence-corrected chi connectivity index (χ2v) is 5.87. The number of aromatic nitrogens is 2. The molecule has 7 nitrogen and oxygen atoms in total. The van der Waals surface area contributed by atoms with Gasteiger partial charge in [-0.1, -0.05) is 23.7 Å². The van der Waals surface area contributed by atoms with E-state index < -0.39 is 6.10 Å². The SMILES string of the molecule is CC(O)CN=C/C(=C\N)Nc1ncc(Cl)c(NCc2cccc(F)c2)n1. The average Bonchev–Trinajstić information content (AvgIpc) is 2.61. The summed E-state index contributed by atoms with van der Waals surface area (Å²) in [7, 11) is 0. The highest BCUT2D eigenvalue weighted by molar-refractivity contribution is 6.32. The maximum absolute atomic E-state index is 13.2. The summed E-state index contributed by atoms with van der Waals surface area (Å²) in [5, 5.41) is 15.5. The van der Waals surface area contributed by atoms with E-state index in [4.69, 9.17) is 17.3 Å². The van der Waals surface area contributed by atoms with Crippen molar-refractivity contribution in [1.82, 2.24) is 9.97 Å². The normalized spacial score (nSPS) is 13.0. The Morgan fingerprint density at radius 2 is 2.31 bits per heavy atom.